The summed E-state index contributed by atoms with van der Waals surface area (Å²) in [5, 5.41) is 11.2. The van der Waals surface area contributed by atoms with E-state index in [1.165, 1.54) is 12.1 Å². The van der Waals surface area contributed by atoms with Crippen LogP contribution >= 0.6 is 0 Å². The molecule has 7 heteroatoms. The largest absolute Gasteiger partial charge is 0.467 e. The molecule has 148 valence electrons. The first kappa shape index (κ1) is 19.8. The summed E-state index contributed by atoms with van der Waals surface area (Å²) in [7, 11) is 0. The van der Waals surface area contributed by atoms with E-state index in [1.807, 2.05) is 34.6 Å². The average Bonchev–Trinajstić information content (AvgIpc) is 2.68. The van der Waals surface area contributed by atoms with Crippen molar-refractivity contribution in [1.29, 1.82) is 0 Å². The molecule has 0 radical (unpaired) electrons. The average molecular weight is 385 g/mol. The van der Waals surface area contributed by atoms with Gasteiger partial charge in [-0.25, -0.2) is 4.79 Å². The Labute approximate surface area is 163 Å². The minimum atomic E-state index is -0.485. The van der Waals surface area contributed by atoms with Gasteiger partial charge in [-0.15, -0.1) is 0 Å². The molecule has 1 aliphatic heterocycles. The Morgan fingerprint density at radius 1 is 1.07 bits per heavy atom. The fraction of sp³-hybridized carbons (Fsp3) is 0.381. The van der Waals surface area contributed by atoms with Crippen molar-refractivity contribution in [3.63, 3.8) is 0 Å². The lowest BCUT2D eigenvalue weighted by Crippen LogP contribution is -2.16. The number of nitrogens with zero attached hydrogens (tertiary/aromatic N) is 1. The molecule has 0 unspecified atom stereocenters. The summed E-state index contributed by atoms with van der Waals surface area (Å²) >= 11 is 0. The van der Waals surface area contributed by atoms with Gasteiger partial charge in [0.25, 0.3) is 5.69 Å². The van der Waals surface area contributed by atoms with Crippen LogP contribution in [0.5, 0.6) is 5.75 Å². The molecular weight excluding hydrogens is 362 g/mol. The Morgan fingerprint density at radius 3 is 2.29 bits per heavy atom. The number of nitro benzene ring substituents is 1. The number of carbonyl (C=O) groups is 1. The van der Waals surface area contributed by atoms with Gasteiger partial charge in [0.15, 0.2) is 6.79 Å². The fourth-order valence-electron chi connectivity index (χ4n) is 3.52. The number of carbonyl (C=O) groups excluding carboxylic acids is 1. The van der Waals surface area contributed by atoms with Crippen molar-refractivity contribution in [2.75, 3.05) is 6.79 Å². The number of esters is 1. The molecule has 7 nitrogen and oxygen atoms in total. The van der Waals surface area contributed by atoms with Crippen LogP contribution in [0.15, 0.2) is 12.1 Å². The molecule has 0 aliphatic carbocycles. The van der Waals surface area contributed by atoms with Crippen molar-refractivity contribution in [3.05, 3.63) is 66.8 Å². The second-order valence-corrected chi connectivity index (χ2v) is 7.04. The minimum Gasteiger partial charge on any atom is -0.467 e. The number of non-ortho nitro benzene ring substituents is 1. The zero-order valence-electron chi connectivity index (χ0n) is 16.7. The third kappa shape index (κ3) is 3.45. The monoisotopic (exact) mass is 385 g/mol. The summed E-state index contributed by atoms with van der Waals surface area (Å²) < 4.78 is 16.2. The second kappa shape index (κ2) is 7.59. The van der Waals surface area contributed by atoms with E-state index in [4.69, 9.17) is 14.2 Å². The van der Waals surface area contributed by atoms with Gasteiger partial charge in [-0.3, -0.25) is 10.1 Å². The highest BCUT2D eigenvalue weighted by Crippen LogP contribution is 2.33. The van der Waals surface area contributed by atoms with Gasteiger partial charge in [0.1, 0.15) is 12.4 Å². The maximum absolute atomic E-state index is 12.8. The number of hydrogen-bond acceptors (Lipinski definition) is 6. The lowest BCUT2D eigenvalue weighted by molar-refractivity contribution is -0.385. The maximum Gasteiger partial charge on any atom is 0.339 e. The van der Waals surface area contributed by atoms with Crippen LogP contribution < -0.4 is 4.74 Å². The Bertz CT molecular complexity index is 951. The van der Waals surface area contributed by atoms with Crippen LogP contribution in [0.3, 0.4) is 0 Å². The van der Waals surface area contributed by atoms with Crippen LogP contribution in [0.2, 0.25) is 0 Å². The predicted octanol–water partition coefficient (Wildman–Crippen LogP) is 4.36. The maximum atomic E-state index is 12.8. The minimum absolute atomic E-state index is 0.0559. The lowest BCUT2D eigenvalue weighted by Gasteiger charge is -2.21. The van der Waals surface area contributed by atoms with Gasteiger partial charge >= 0.3 is 5.97 Å². The molecule has 0 saturated carbocycles. The number of nitro groups is 1. The molecule has 0 fully saturated rings. The third-order valence-electron chi connectivity index (χ3n) is 5.55. The molecule has 2 aromatic carbocycles. The molecule has 0 N–H and O–H groups in total. The van der Waals surface area contributed by atoms with Gasteiger partial charge < -0.3 is 14.2 Å². The second-order valence-electron chi connectivity index (χ2n) is 7.04. The van der Waals surface area contributed by atoms with Gasteiger partial charge in [-0.05, 0) is 62.4 Å². The van der Waals surface area contributed by atoms with Crippen molar-refractivity contribution in [3.8, 4) is 5.75 Å². The van der Waals surface area contributed by atoms with Gasteiger partial charge in [-0.2, -0.15) is 0 Å². The highest BCUT2D eigenvalue weighted by Gasteiger charge is 2.24. The molecule has 1 heterocycles. The topological polar surface area (TPSA) is 87.9 Å². The van der Waals surface area contributed by atoms with Crippen molar-refractivity contribution < 1.29 is 23.9 Å². The highest BCUT2D eigenvalue weighted by molar-refractivity contribution is 5.93. The number of rotatable bonds is 4. The molecule has 0 saturated heterocycles. The van der Waals surface area contributed by atoms with Crippen molar-refractivity contribution >= 4 is 11.7 Å². The molecule has 0 atom stereocenters. The number of fused-ring (bicyclic) bond motifs is 1. The highest BCUT2D eigenvalue weighted by atomic mass is 16.7. The molecule has 2 aromatic rings. The molecule has 0 aromatic heterocycles. The van der Waals surface area contributed by atoms with E-state index in [0.29, 0.717) is 22.4 Å². The van der Waals surface area contributed by atoms with E-state index in [9.17, 15) is 14.9 Å². The summed E-state index contributed by atoms with van der Waals surface area (Å²) in [6.45, 7) is 9.97. The van der Waals surface area contributed by atoms with Gasteiger partial charge in [0, 0.05) is 23.3 Å². The first-order chi connectivity index (χ1) is 13.2. The number of benzene rings is 2. The van der Waals surface area contributed by atoms with Gasteiger partial charge in [0.05, 0.1) is 17.1 Å². The first-order valence-electron chi connectivity index (χ1n) is 8.97. The number of hydrogen-bond donors (Lipinski definition) is 0. The smallest absolute Gasteiger partial charge is 0.339 e. The van der Waals surface area contributed by atoms with Crippen LogP contribution in [-0.2, 0) is 22.7 Å². The van der Waals surface area contributed by atoms with Gasteiger partial charge in [-0.1, -0.05) is 0 Å². The van der Waals surface area contributed by atoms with Crippen molar-refractivity contribution in [1.82, 2.24) is 0 Å². The molecule has 1 aliphatic rings. The van der Waals surface area contributed by atoms with E-state index >= 15 is 0 Å². The van der Waals surface area contributed by atoms with Crippen LogP contribution in [-0.4, -0.2) is 17.7 Å². The Balaban J connectivity index is 1.92. The molecule has 0 bridgehead atoms. The zero-order valence-corrected chi connectivity index (χ0v) is 16.7. The van der Waals surface area contributed by atoms with E-state index in [-0.39, 0.29) is 25.7 Å². The molecular formula is C21H23NO6. The summed E-state index contributed by atoms with van der Waals surface area (Å²) in [6.07, 6.45) is 0. The first-order valence-corrected chi connectivity index (χ1v) is 8.97. The Hall–Kier alpha value is -2.93. The SMILES string of the molecule is Cc1c(C)c(C)c(C(=O)OCc2cc([N+](=O)[O-])cc3c2OCOC3)c(C)c1C. The number of ether oxygens (including phenoxy) is 3. The molecule has 28 heavy (non-hydrogen) atoms. The van der Waals surface area contributed by atoms with E-state index in [1.54, 1.807) is 0 Å². The van der Waals surface area contributed by atoms with Crippen LogP contribution in [0, 0.1) is 44.7 Å². The van der Waals surface area contributed by atoms with Crippen molar-refractivity contribution in [2.24, 2.45) is 0 Å². The predicted molar refractivity (Wildman–Crippen MR) is 103 cm³/mol. The quantitative estimate of drug-likeness (QED) is 0.441. The standard InChI is InChI=1S/C21H23NO6/c1-11-12(2)14(4)19(15(5)13(11)3)21(23)27-9-17-7-18(22(24)25)6-16-8-26-10-28-20(16)17/h6-7H,8-10H2,1-5H3. The van der Waals surface area contributed by atoms with Gasteiger partial charge in [0.2, 0.25) is 0 Å². The van der Waals surface area contributed by atoms with Crippen LogP contribution in [0.1, 0.15) is 49.3 Å². The third-order valence-corrected chi connectivity index (χ3v) is 5.55. The summed E-state index contributed by atoms with van der Waals surface area (Å²) in [5.41, 5.74) is 6.53. The normalized spacial score (nSPS) is 12.9. The van der Waals surface area contributed by atoms with Crippen molar-refractivity contribution in [2.45, 2.75) is 47.8 Å². The van der Waals surface area contributed by atoms with Crippen LogP contribution in [0.4, 0.5) is 5.69 Å². The summed E-state index contributed by atoms with van der Waals surface area (Å²) in [5.74, 6) is 0.0304. The molecule has 3 rings (SSSR count). The van der Waals surface area contributed by atoms with E-state index in [0.717, 1.165) is 27.8 Å². The van der Waals surface area contributed by atoms with E-state index < -0.39 is 10.9 Å². The lowest BCUT2D eigenvalue weighted by atomic mass is 9.90. The molecule has 0 amide bonds. The summed E-state index contributed by atoms with van der Waals surface area (Å²) in [6, 6.07) is 2.80. The van der Waals surface area contributed by atoms with E-state index in [2.05, 4.69) is 0 Å². The summed E-state index contributed by atoms with van der Waals surface area (Å²) in [4.78, 5) is 23.6. The Kier molecular flexibility index (Phi) is 5.38. The Morgan fingerprint density at radius 2 is 1.68 bits per heavy atom. The molecule has 0 spiro atoms. The fourth-order valence-corrected chi connectivity index (χ4v) is 3.52. The zero-order chi connectivity index (χ0) is 20.6. The van der Waals surface area contributed by atoms with Crippen LogP contribution in [0.25, 0.3) is 0 Å².